The second-order valence-electron chi connectivity index (χ2n) is 5.11. The predicted molar refractivity (Wildman–Crippen MR) is 75.4 cm³/mol. The van der Waals surface area contributed by atoms with Crippen molar-refractivity contribution in [2.24, 2.45) is 0 Å². The Balaban J connectivity index is 2.14. The number of nitrogens with one attached hydrogen (secondary N) is 2. The van der Waals surface area contributed by atoms with Gasteiger partial charge in [0.05, 0.1) is 6.54 Å². The Labute approximate surface area is 128 Å². The molecule has 0 bridgehead atoms. The Morgan fingerprint density at radius 3 is 2.43 bits per heavy atom. The minimum absolute atomic E-state index is 0.0375. The number of rotatable bonds is 3. The largest absolute Gasteiger partial charge is 0.322 e. The standard InChI is InChI=1S/C15H11F2N3O3/c16-10-5-4-9(7-11(10)17)15(13(22)18-14(23)19-15)8-20-6-2-1-3-12(20)21/h1-7H,8H2,(H2,18,19,22,23). The molecular weight excluding hydrogens is 308 g/mol. The van der Waals surface area contributed by atoms with Crippen molar-refractivity contribution in [2.45, 2.75) is 12.1 Å². The van der Waals surface area contributed by atoms with Crippen LogP contribution in [0.1, 0.15) is 5.56 Å². The van der Waals surface area contributed by atoms with Gasteiger partial charge in [-0.05, 0) is 23.8 Å². The van der Waals surface area contributed by atoms with Gasteiger partial charge in [0.25, 0.3) is 11.5 Å². The highest BCUT2D eigenvalue weighted by atomic mass is 19.2. The number of benzene rings is 1. The van der Waals surface area contributed by atoms with Crippen molar-refractivity contribution < 1.29 is 18.4 Å². The summed E-state index contributed by atoms with van der Waals surface area (Å²) in [5.41, 5.74) is -2.06. The summed E-state index contributed by atoms with van der Waals surface area (Å²) >= 11 is 0. The van der Waals surface area contributed by atoms with Gasteiger partial charge in [-0.2, -0.15) is 0 Å². The molecule has 0 spiro atoms. The van der Waals surface area contributed by atoms with Crippen molar-refractivity contribution in [3.8, 4) is 0 Å². The highest BCUT2D eigenvalue weighted by Gasteiger charge is 2.48. The lowest BCUT2D eigenvalue weighted by Gasteiger charge is -2.27. The average Bonchev–Trinajstić information content (AvgIpc) is 2.79. The van der Waals surface area contributed by atoms with Crippen LogP contribution in [0.4, 0.5) is 13.6 Å². The van der Waals surface area contributed by atoms with E-state index in [1.54, 1.807) is 6.07 Å². The second kappa shape index (κ2) is 5.31. The van der Waals surface area contributed by atoms with Crippen LogP contribution in [0.5, 0.6) is 0 Å². The van der Waals surface area contributed by atoms with Gasteiger partial charge in [0.15, 0.2) is 17.2 Å². The summed E-state index contributed by atoms with van der Waals surface area (Å²) in [5.74, 6) is -2.98. The molecule has 1 atom stereocenters. The monoisotopic (exact) mass is 319 g/mol. The van der Waals surface area contributed by atoms with Crippen LogP contribution in [-0.4, -0.2) is 16.5 Å². The van der Waals surface area contributed by atoms with Crippen molar-refractivity contribution in [1.82, 2.24) is 15.2 Å². The molecule has 8 heteroatoms. The van der Waals surface area contributed by atoms with Gasteiger partial charge < -0.3 is 9.88 Å². The molecule has 2 heterocycles. The molecular formula is C15H11F2N3O3. The quantitative estimate of drug-likeness (QED) is 0.824. The Bertz CT molecular complexity index is 865. The van der Waals surface area contributed by atoms with E-state index in [0.717, 1.165) is 12.1 Å². The molecule has 118 valence electrons. The lowest BCUT2D eigenvalue weighted by atomic mass is 9.89. The molecule has 0 radical (unpaired) electrons. The first-order valence-corrected chi connectivity index (χ1v) is 6.67. The lowest BCUT2D eigenvalue weighted by Crippen LogP contribution is -2.49. The van der Waals surface area contributed by atoms with Crippen LogP contribution in [0.2, 0.25) is 0 Å². The molecule has 1 aliphatic rings. The summed E-state index contributed by atoms with van der Waals surface area (Å²) in [7, 11) is 0. The fourth-order valence-electron chi connectivity index (χ4n) is 2.51. The fraction of sp³-hybridized carbons (Fsp3) is 0.133. The van der Waals surface area contributed by atoms with Gasteiger partial charge in [0, 0.05) is 12.3 Å². The van der Waals surface area contributed by atoms with E-state index in [1.165, 1.54) is 29.0 Å². The minimum atomic E-state index is -1.70. The van der Waals surface area contributed by atoms with Crippen molar-refractivity contribution in [1.29, 1.82) is 0 Å². The number of imide groups is 1. The number of carbonyl (C=O) groups is 2. The van der Waals surface area contributed by atoms with Crippen molar-refractivity contribution in [3.63, 3.8) is 0 Å². The zero-order valence-electron chi connectivity index (χ0n) is 11.7. The van der Waals surface area contributed by atoms with Gasteiger partial charge in [-0.15, -0.1) is 0 Å². The van der Waals surface area contributed by atoms with Crippen molar-refractivity contribution >= 4 is 11.9 Å². The first-order chi connectivity index (χ1) is 10.9. The number of amides is 3. The third-order valence-corrected chi connectivity index (χ3v) is 3.66. The highest BCUT2D eigenvalue weighted by molar-refractivity contribution is 6.07. The summed E-state index contributed by atoms with van der Waals surface area (Å²) in [4.78, 5) is 35.7. The highest BCUT2D eigenvalue weighted by Crippen LogP contribution is 2.28. The number of pyridine rings is 1. The first-order valence-electron chi connectivity index (χ1n) is 6.67. The maximum Gasteiger partial charge on any atom is 0.322 e. The molecule has 1 saturated heterocycles. The van der Waals surface area contributed by atoms with Crippen LogP contribution in [0.3, 0.4) is 0 Å². The Kier molecular flexibility index (Phi) is 3.44. The van der Waals surface area contributed by atoms with E-state index in [1.807, 2.05) is 0 Å². The first kappa shape index (κ1) is 14.9. The van der Waals surface area contributed by atoms with Gasteiger partial charge in [-0.3, -0.25) is 14.9 Å². The number of carbonyl (C=O) groups excluding carboxylic acids is 2. The van der Waals surface area contributed by atoms with E-state index in [-0.39, 0.29) is 12.1 Å². The summed E-state index contributed by atoms with van der Waals surface area (Å²) < 4.78 is 27.9. The molecule has 1 unspecified atom stereocenters. The number of urea groups is 1. The number of hydrogen-bond acceptors (Lipinski definition) is 3. The molecule has 2 N–H and O–H groups in total. The summed E-state index contributed by atoms with van der Waals surface area (Å²) in [6.45, 7) is -0.255. The predicted octanol–water partition coefficient (Wildman–Crippen LogP) is 0.861. The second-order valence-corrected chi connectivity index (χ2v) is 5.11. The smallest absolute Gasteiger partial charge is 0.318 e. The molecule has 1 aliphatic heterocycles. The van der Waals surface area contributed by atoms with Gasteiger partial charge in [0.2, 0.25) is 0 Å². The van der Waals surface area contributed by atoms with E-state index in [4.69, 9.17) is 0 Å². The summed E-state index contributed by atoms with van der Waals surface area (Å²) in [5, 5.41) is 4.47. The third kappa shape index (κ3) is 2.48. The fourth-order valence-corrected chi connectivity index (χ4v) is 2.51. The summed E-state index contributed by atoms with van der Waals surface area (Å²) in [6, 6.07) is 6.49. The SMILES string of the molecule is O=C1NC(=O)C(Cn2ccccc2=O)(c2ccc(F)c(F)c2)N1. The Morgan fingerprint density at radius 1 is 1.04 bits per heavy atom. The average molecular weight is 319 g/mol. The van der Waals surface area contributed by atoms with Crippen LogP contribution in [-0.2, 0) is 16.9 Å². The third-order valence-electron chi connectivity index (χ3n) is 3.66. The van der Waals surface area contributed by atoms with E-state index < -0.39 is 34.7 Å². The zero-order chi connectivity index (χ0) is 16.6. The van der Waals surface area contributed by atoms with E-state index >= 15 is 0 Å². The molecule has 1 aromatic carbocycles. The van der Waals surface area contributed by atoms with Crippen LogP contribution >= 0.6 is 0 Å². The molecule has 0 saturated carbocycles. The van der Waals surface area contributed by atoms with Gasteiger partial charge in [0.1, 0.15) is 0 Å². The van der Waals surface area contributed by atoms with Crippen molar-refractivity contribution in [2.75, 3.05) is 0 Å². The number of hydrogen-bond donors (Lipinski definition) is 2. The van der Waals surface area contributed by atoms with Crippen LogP contribution < -0.4 is 16.2 Å². The molecule has 1 fully saturated rings. The van der Waals surface area contributed by atoms with Crippen LogP contribution in [0.25, 0.3) is 0 Å². The number of aromatic nitrogens is 1. The molecule has 1 aromatic heterocycles. The van der Waals surface area contributed by atoms with Crippen LogP contribution in [0.15, 0.2) is 47.4 Å². The summed E-state index contributed by atoms with van der Waals surface area (Å²) in [6.07, 6.45) is 1.43. The lowest BCUT2D eigenvalue weighted by molar-refractivity contribution is -0.124. The molecule has 6 nitrogen and oxygen atoms in total. The molecule has 0 aliphatic carbocycles. The van der Waals surface area contributed by atoms with E-state index in [9.17, 15) is 23.2 Å². The van der Waals surface area contributed by atoms with Crippen LogP contribution in [0, 0.1) is 11.6 Å². The normalized spacial score (nSPS) is 20.3. The molecule has 23 heavy (non-hydrogen) atoms. The zero-order valence-corrected chi connectivity index (χ0v) is 11.7. The minimum Gasteiger partial charge on any atom is -0.318 e. The Hall–Kier alpha value is -3.03. The molecule has 2 aromatic rings. The van der Waals surface area contributed by atoms with Gasteiger partial charge in [-0.25, -0.2) is 13.6 Å². The van der Waals surface area contributed by atoms with Gasteiger partial charge in [-0.1, -0.05) is 12.1 Å². The van der Waals surface area contributed by atoms with Crippen molar-refractivity contribution in [3.05, 3.63) is 70.1 Å². The van der Waals surface area contributed by atoms with E-state index in [2.05, 4.69) is 10.6 Å². The maximum atomic E-state index is 13.6. The molecule has 3 rings (SSSR count). The number of halogens is 2. The number of nitrogens with zero attached hydrogens (tertiary/aromatic N) is 1. The molecule has 3 amide bonds. The van der Waals surface area contributed by atoms with Gasteiger partial charge >= 0.3 is 6.03 Å². The van der Waals surface area contributed by atoms with E-state index in [0.29, 0.717) is 0 Å². The maximum absolute atomic E-state index is 13.6. The Morgan fingerprint density at radius 2 is 1.83 bits per heavy atom. The topological polar surface area (TPSA) is 80.2 Å².